The molecule has 0 amide bonds. The molecule has 0 fully saturated rings. The van der Waals surface area contributed by atoms with E-state index in [0.29, 0.717) is 12.8 Å². The fourth-order valence-corrected chi connectivity index (χ4v) is 2.79. The van der Waals surface area contributed by atoms with E-state index in [0.717, 1.165) is 12.1 Å². The van der Waals surface area contributed by atoms with E-state index in [9.17, 15) is 17.9 Å². The quantitative estimate of drug-likeness (QED) is 0.820. The van der Waals surface area contributed by atoms with Crippen LogP contribution in [0.25, 0.3) is 0 Å². The molecule has 5 nitrogen and oxygen atoms in total. The molecule has 19 heavy (non-hydrogen) atoms. The monoisotopic (exact) mass is 286 g/mol. The largest absolute Gasteiger partial charge is 0.392 e. The number of nitrogens with one attached hydrogen (secondary N) is 1. The summed E-state index contributed by atoms with van der Waals surface area (Å²) in [5, 5.41) is 18.3. The summed E-state index contributed by atoms with van der Waals surface area (Å²) in [6.45, 7) is 1.69. The molecule has 0 saturated carbocycles. The Hall–Kier alpha value is -1.49. The third kappa shape index (κ3) is 3.99. The van der Waals surface area contributed by atoms with Crippen LogP contribution in [0.1, 0.15) is 25.3 Å². The van der Waals surface area contributed by atoms with Crippen molar-refractivity contribution in [2.24, 2.45) is 0 Å². The number of aliphatic hydroxyl groups is 1. The molecule has 1 atom stereocenters. The van der Waals surface area contributed by atoms with Gasteiger partial charge >= 0.3 is 0 Å². The zero-order chi connectivity index (χ0) is 14.5. The molecule has 1 aromatic rings. The molecule has 0 aliphatic carbocycles. The fraction of sp³-hybridized carbons (Fsp3) is 0.417. The number of aliphatic hydroxyl groups excluding tert-OH is 1. The number of sulfonamides is 1. The molecule has 104 valence electrons. The average molecular weight is 286 g/mol. The molecule has 0 spiro atoms. The van der Waals surface area contributed by atoms with Crippen molar-refractivity contribution in [3.8, 4) is 6.07 Å². The second-order valence-electron chi connectivity index (χ2n) is 4.02. The molecule has 0 aliphatic rings. The van der Waals surface area contributed by atoms with Gasteiger partial charge in [0, 0.05) is 6.54 Å². The van der Waals surface area contributed by atoms with Crippen LogP contribution in [0.4, 0.5) is 4.39 Å². The van der Waals surface area contributed by atoms with Crippen LogP contribution in [0.15, 0.2) is 23.1 Å². The number of halogens is 1. The maximum Gasteiger partial charge on any atom is 0.242 e. The third-order valence-corrected chi connectivity index (χ3v) is 3.97. The zero-order valence-corrected chi connectivity index (χ0v) is 11.2. The second-order valence-corrected chi connectivity index (χ2v) is 5.75. The number of benzene rings is 1. The third-order valence-electron chi connectivity index (χ3n) is 2.51. The van der Waals surface area contributed by atoms with Crippen LogP contribution >= 0.6 is 0 Å². The van der Waals surface area contributed by atoms with Gasteiger partial charge in [-0.1, -0.05) is 19.4 Å². The highest BCUT2D eigenvalue weighted by atomic mass is 32.2. The van der Waals surface area contributed by atoms with Gasteiger partial charge in [0.2, 0.25) is 10.0 Å². The summed E-state index contributed by atoms with van der Waals surface area (Å²) < 4.78 is 39.4. The smallest absolute Gasteiger partial charge is 0.242 e. The Morgan fingerprint density at radius 1 is 1.53 bits per heavy atom. The van der Waals surface area contributed by atoms with Crippen LogP contribution < -0.4 is 4.72 Å². The predicted molar refractivity (Wildman–Crippen MR) is 67.2 cm³/mol. The van der Waals surface area contributed by atoms with Gasteiger partial charge in [-0.25, -0.2) is 17.5 Å². The molecule has 0 aromatic heterocycles. The lowest BCUT2D eigenvalue weighted by Gasteiger charge is -2.12. The minimum atomic E-state index is -4.01. The number of nitrogens with zero attached hydrogens (tertiary/aromatic N) is 1. The highest BCUT2D eigenvalue weighted by Gasteiger charge is 2.21. The Bertz CT molecular complexity index is 581. The molecule has 0 radical (unpaired) electrons. The Kier molecular flexibility index (Phi) is 5.42. The second kappa shape index (κ2) is 6.61. The zero-order valence-electron chi connectivity index (χ0n) is 10.4. The first-order valence-corrected chi connectivity index (χ1v) is 7.27. The molecular formula is C12H15FN2O3S. The normalized spacial score (nSPS) is 12.9. The van der Waals surface area contributed by atoms with Crippen LogP contribution in [0, 0.1) is 17.1 Å². The van der Waals surface area contributed by atoms with Crippen LogP contribution in [-0.2, 0) is 10.0 Å². The predicted octanol–water partition coefficient (Wildman–Crippen LogP) is 1.14. The Morgan fingerprint density at radius 3 is 2.79 bits per heavy atom. The summed E-state index contributed by atoms with van der Waals surface area (Å²) in [4.78, 5) is -0.418. The van der Waals surface area contributed by atoms with Gasteiger partial charge in [-0.2, -0.15) is 5.26 Å². The SMILES string of the molecule is CCCC(O)CNS(=O)(=O)c1cccc(F)c1C#N. The van der Waals surface area contributed by atoms with E-state index in [-0.39, 0.29) is 6.54 Å². The molecule has 0 heterocycles. The van der Waals surface area contributed by atoms with E-state index < -0.39 is 32.4 Å². The summed E-state index contributed by atoms with van der Waals surface area (Å²) in [5.41, 5.74) is -0.528. The lowest BCUT2D eigenvalue weighted by Crippen LogP contribution is -2.32. The van der Waals surface area contributed by atoms with Crippen molar-refractivity contribution < 1.29 is 17.9 Å². The average Bonchev–Trinajstić information content (AvgIpc) is 2.36. The minimum absolute atomic E-state index is 0.169. The van der Waals surface area contributed by atoms with E-state index in [4.69, 9.17) is 5.26 Å². The van der Waals surface area contributed by atoms with E-state index in [2.05, 4.69) is 4.72 Å². The van der Waals surface area contributed by atoms with Gasteiger partial charge < -0.3 is 5.11 Å². The first kappa shape index (κ1) is 15.6. The molecule has 7 heteroatoms. The first-order chi connectivity index (χ1) is 8.92. The minimum Gasteiger partial charge on any atom is -0.392 e. The van der Waals surface area contributed by atoms with Crippen LogP contribution in [0.5, 0.6) is 0 Å². The lowest BCUT2D eigenvalue weighted by molar-refractivity contribution is 0.167. The standard InChI is InChI=1S/C12H15FN2O3S/c1-2-4-9(16)8-15-19(17,18)12-6-3-5-11(13)10(12)7-14/h3,5-6,9,15-16H,2,4,8H2,1H3. The van der Waals surface area contributed by atoms with Crippen molar-refractivity contribution in [2.45, 2.75) is 30.8 Å². The van der Waals surface area contributed by atoms with E-state index in [1.807, 2.05) is 6.92 Å². The summed E-state index contributed by atoms with van der Waals surface area (Å²) in [6.07, 6.45) is 0.363. The fourth-order valence-electron chi connectivity index (χ4n) is 1.56. The molecule has 2 N–H and O–H groups in total. The van der Waals surface area contributed by atoms with Crippen molar-refractivity contribution in [3.63, 3.8) is 0 Å². The highest BCUT2D eigenvalue weighted by molar-refractivity contribution is 7.89. The van der Waals surface area contributed by atoms with Gasteiger partial charge in [0.25, 0.3) is 0 Å². The van der Waals surface area contributed by atoms with Gasteiger partial charge in [0.05, 0.1) is 6.10 Å². The lowest BCUT2D eigenvalue weighted by atomic mass is 10.2. The van der Waals surface area contributed by atoms with E-state index in [1.54, 1.807) is 0 Å². The van der Waals surface area contributed by atoms with Gasteiger partial charge in [-0.05, 0) is 18.6 Å². The van der Waals surface area contributed by atoms with Crippen molar-refractivity contribution in [1.82, 2.24) is 4.72 Å². The van der Waals surface area contributed by atoms with Crippen LogP contribution in [0.3, 0.4) is 0 Å². The van der Waals surface area contributed by atoms with Crippen molar-refractivity contribution in [3.05, 3.63) is 29.6 Å². The van der Waals surface area contributed by atoms with Gasteiger partial charge in [-0.3, -0.25) is 0 Å². The first-order valence-electron chi connectivity index (χ1n) is 5.78. The molecule has 1 aromatic carbocycles. The molecule has 0 bridgehead atoms. The highest BCUT2D eigenvalue weighted by Crippen LogP contribution is 2.17. The topological polar surface area (TPSA) is 90.2 Å². The molecular weight excluding hydrogens is 271 g/mol. The Labute approximate surface area is 111 Å². The number of hydrogen-bond donors (Lipinski definition) is 2. The number of nitriles is 1. The Balaban J connectivity index is 2.96. The van der Waals surface area contributed by atoms with Crippen molar-refractivity contribution in [1.29, 1.82) is 5.26 Å². The van der Waals surface area contributed by atoms with E-state index in [1.165, 1.54) is 12.1 Å². The number of hydrogen-bond acceptors (Lipinski definition) is 4. The molecule has 0 saturated heterocycles. The van der Waals surface area contributed by atoms with Gasteiger partial charge in [0.1, 0.15) is 22.3 Å². The molecule has 1 unspecified atom stereocenters. The van der Waals surface area contributed by atoms with Crippen molar-refractivity contribution >= 4 is 10.0 Å². The van der Waals surface area contributed by atoms with Crippen LogP contribution in [-0.4, -0.2) is 26.2 Å². The van der Waals surface area contributed by atoms with Crippen molar-refractivity contribution in [2.75, 3.05) is 6.54 Å². The summed E-state index contributed by atoms with van der Waals surface area (Å²) in [5.74, 6) is -0.889. The molecule has 1 rings (SSSR count). The van der Waals surface area contributed by atoms with E-state index >= 15 is 0 Å². The summed E-state index contributed by atoms with van der Waals surface area (Å²) in [6, 6.07) is 4.91. The number of rotatable bonds is 6. The van der Waals surface area contributed by atoms with Crippen LogP contribution in [0.2, 0.25) is 0 Å². The maximum absolute atomic E-state index is 13.3. The summed E-state index contributed by atoms with van der Waals surface area (Å²) in [7, 11) is -4.01. The molecule has 0 aliphatic heterocycles. The maximum atomic E-state index is 13.3. The van der Waals surface area contributed by atoms with Gasteiger partial charge in [0.15, 0.2) is 0 Å². The summed E-state index contributed by atoms with van der Waals surface area (Å²) >= 11 is 0. The Morgan fingerprint density at radius 2 is 2.21 bits per heavy atom. The van der Waals surface area contributed by atoms with Gasteiger partial charge in [-0.15, -0.1) is 0 Å².